The van der Waals surface area contributed by atoms with Gasteiger partial charge in [-0.2, -0.15) is 18.2 Å². The van der Waals surface area contributed by atoms with Gasteiger partial charge in [-0.15, -0.1) is 0 Å². The first-order valence-corrected chi connectivity index (χ1v) is 5.27. The lowest BCUT2D eigenvalue weighted by atomic mass is 10.1. The Bertz CT molecular complexity index is 663. The molecule has 5 nitrogen and oxygen atoms in total. The molecule has 2 aromatic rings. The van der Waals surface area contributed by atoms with E-state index in [4.69, 9.17) is 0 Å². The molecule has 1 aliphatic heterocycles. The Morgan fingerprint density at radius 3 is 2.79 bits per heavy atom. The van der Waals surface area contributed by atoms with E-state index in [1.165, 1.54) is 6.07 Å². The Balaban J connectivity index is 2.01. The number of carbonyl (C=O) groups excluding carboxylic acids is 1. The summed E-state index contributed by atoms with van der Waals surface area (Å²) in [6, 6.07) is 4.64. The van der Waals surface area contributed by atoms with Crippen molar-refractivity contribution in [2.45, 2.75) is 12.7 Å². The predicted molar refractivity (Wildman–Crippen MR) is 55.9 cm³/mol. The third kappa shape index (κ3) is 1.94. The highest BCUT2D eigenvalue weighted by Gasteiger charge is 2.38. The minimum absolute atomic E-state index is 0.199. The lowest BCUT2D eigenvalue weighted by molar-refractivity contribution is -0.159. The molecule has 19 heavy (non-hydrogen) atoms. The normalized spacial score (nSPS) is 14.4. The van der Waals surface area contributed by atoms with Crippen LogP contribution in [0.4, 0.5) is 13.2 Å². The van der Waals surface area contributed by atoms with Crippen molar-refractivity contribution >= 4 is 5.91 Å². The molecule has 8 heteroatoms. The second-order valence-electron chi connectivity index (χ2n) is 3.98. The number of alkyl halides is 3. The second kappa shape index (κ2) is 3.81. The SMILES string of the molecule is O=C1NCc2ccc(-c3noc(C(F)(F)F)n3)cc21. The Labute approximate surface area is 104 Å². The summed E-state index contributed by atoms with van der Waals surface area (Å²) in [6.45, 7) is 0.411. The van der Waals surface area contributed by atoms with E-state index in [-0.39, 0.29) is 11.7 Å². The van der Waals surface area contributed by atoms with Crippen molar-refractivity contribution in [3.63, 3.8) is 0 Å². The lowest BCUT2D eigenvalue weighted by Crippen LogP contribution is -2.12. The number of hydrogen-bond acceptors (Lipinski definition) is 4. The zero-order valence-electron chi connectivity index (χ0n) is 9.28. The van der Waals surface area contributed by atoms with Gasteiger partial charge in [-0.3, -0.25) is 4.79 Å². The van der Waals surface area contributed by atoms with Crippen molar-refractivity contribution in [1.29, 1.82) is 0 Å². The number of nitrogens with zero attached hydrogens (tertiary/aromatic N) is 2. The van der Waals surface area contributed by atoms with Gasteiger partial charge in [0.25, 0.3) is 5.91 Å². The predicted octanol–water partition coefficient (Wildman–Crippen LogP) is 2.00. The van der Waals surface area contributed by atoms with E-state index >= 15 is 0 Å². The average Bonchev–Trinajstić information content (AvgIpc) is 2.96. The minimum Gasteiger partial charge on any atom is -0.348 e. The van der Waals surface area contributed by atoms with Crippen LogP contribution < -0.4 is 5.32 Å². The van der Waals surface area contributed by atoms with Crippen molar-refractivity contribution in [1.82, 2.24) is 15.5 Å². The van der Waals surface area contributed by atoms with Crippen LogP contribution in [0.2, 0.25) is 0 Å². The van der Waals surface area contributed by atoms with E-state index < -0.39 is 12.1 Å². The molecule has 0 bridgehead atoms. The van der Waals surface area contributed by atoms with Gasteiger partial charge in [-0.1, -0.05) is 17.3 Å². The molecule has 0 unspecified atom stereocenters. The van der Waals surface area contributed by atoms with E-state index in [0.717, 1.165) is 5.56 Å². The highest BCUT2D eigenvalue weighted by Crippen LogP contribution is 2.30. The zero-order valence-corrected chi connectivity index (χ0v) is 9.28. The summed E-state index contributed by atoms with van der Waals surface area (Å²) in [5, 5.41) is 5.88. The summed E-state index contributed by atoms with van der Waals surface area (Å²) in [6.07, 6.45) is -4.68. The third-order valence-electron chi connectivity index (χ3n) is 2.72. The number of amides is 1. The van der Waals surface area contributed by atoms with Gasteiger partial charge in [0, 0.05) is 17.7 Å². The molecule has 2 heterocycles. The van der Waals surface area contributed by atoms with Gasteiger partial charge in [-0.05, 0) is 11.6 Å². The molecule has 0 aliphatic carbocycles. The highest BCUT2D eigenvalue weighted by atomic mass is 19.4. The Morgan fingerprint density at radius 1 is 1.32 bits per heavy atom. The van der Waals surface area contributed by atoms with Crippen molar-refractivity contribution in [3.05, 3.63) is 35.2 Å². The summed E-state index contributed by atoms with van der Waals surface area (Å²) < 4.78 is 41.2. The molecule has 3 rings (SSSR count). The van der Waals surface area contributed by atoms with Crippen LogP contribution in [-0.2, 0) is 12.7 Å². The first-order valence-electron chi connectivity index (χ1n) is 5.27. The number of halogens is 3. The minimum atomic E-state index is -4.68. The van der Waals surface area contributed by atoms with Gasteiger partial charge in [-0.25, -0.2) is 0 Å². The fourth-order valence-electron chi connectivity index (χ4n) is 1.81. The maximum Gasteiger partial charge on any atom is 0.471 e. The molecular weight excluding hydrogens is 263 g/mol. The second-order valence-corrected chi connectivity index (χ2v) is 3.98. The van der Waals surface area contributed by atoms with Gasteiger partial charge < -0.3 is 9.84 Å². The molecule has 1 aliphatic rings. The van der Waals surface area contributed by atoms with Crippen LogP contribution in [0.15, 0.2) is 22.7 Å². The Kier molecular flexibility index (Phi) is 2.34. The van der Waals surface area contributed by atoms with Crippen LogP contribution in [0.3, 0.4) is 0 Å². The molecule has 0 atom stereocenters. The molecule has 1 N–H and O–H groups in total. The Hall–Kier alpha value is -2.38. The summed E-state index contributed by atoms with van der Waals surface area (Å²) in [4.78, 5) is 14.7. The van der Waals surface area contributed by atoms with E-state index in [2.05, 4.69) is 20.0 Å². The topological polar surface area (TPSA) is 68.0 Å². The number of rotatable bonds is 1. The fraction of sp³-hybridized carbons (Fsp3) is 0.182. The molecular formula is C11H6F3N3O2. The summed E-state index contributed by atoms with van der Waals surface area (Å²) in [5.41, 5.74) is 1.50. The van der Waals surface area contributed by atoms with Gasteiger partial charge in [0.1, 0.15) is 0 Å². The maximum absolute atomic E-state index is 12.3. The van der Waals surface area contributed by atoms with Crippen molar-refractivity contribution < 1.29 is 22.5 Å². The standard InChI is InChI=1S/C11H6F3N3O2/c12-11(13,14)10-16-8(17-19-10)5-1-2-6-4-15-9(18)7(6)3-5/h1-3H,4H2,(H,15,18). The van der Waals surface area contributed by atoms with Crippen LogP contribution in [0, 0.1) is 0 Å². The molecule has 0 radical (unpaired) electrons. The van der Waals surface area contributed by atoms with Gasteiger partial charge in [0.15, 0.2) is 0 Å². The summed E-state index contributed by atoms with van der Waals surface area (Å²) in [7, 11) is 0. The van der Waals surface area contributed by atoms with E-state index in [9.17, 15) is 18.0 Å². The molecule has 1 amide bonds. The van der Waals surface area contributed by atoms with Crippen LogP contribution in [0.25, 0.3) is 11.4 Å². The number of hydrogen-bond donors (Lipinski definition) is 1. The molecule has 1 aromatic heterocycles. The Morgan fingerprint density at radius 2 is 2.11 bits per heavy atom. The quantitative estimate of drug-likeness (QED) is 0.859. The van der Waals surface area contributed by atoms with Crippen LogP contribution in [0.1, 0.15) is 21.8 Å². The maximum atomic E-state index is 12.3. The molecule has 0 saturated heterocycles. The number of carbonyl (C=O) groups is 1. The van der Waals surface area contributed by atoms with Crippen molar-refractivity contribution in [2.75, 3.05) is 0 Å². The fourth-order valence-corrected chi connectivity index (χ4v) is 1.81. The molecule has 0 fully saturated rings. The van der Waals surface area contributed by atoms with Crippen molar-refractivity contribution in [2.24, 2.45) is 0 Å². The number of benzene rings is 1. The molecule has 98 valence electrons. The summed E-state index contributed by atoms with van der Waals surface area (Å²) in [5.74, 6) is -1.88. The van der Waals surface area contributed by atoms with E-state index in [1.54, 1.807) is 12.1 Å². The lowest BCUT2D eigenvalue weighted by Gasteiger charge is -1.98. The van der Waals surface area contributed by atoms with E-state index in [0.29, 0.717) is 17.7 Å². The van der Waals surface area contributed by atoms with Crippen LogP contribution >= 0.6 is 0 Å². The van der Waals surface area contributed by atoms with Crippen LogP contribution in [0.5, 0.6) is 0 Å². The molecule has 1 aromatic carbocycles. The summed E-state index contributed by atoms with van der Waals surface area (Å²) >= 11 is 0. The first-order chi connectivity index (χ1) is 8.95. The van der Waals surface area contributed by atoms with Crippen LogP contribution in [-0.4, -0.2) is 16.0 Å². The molecule has 0 spiro atoms. The third-order valence-corrected chi connectivity index (χ3v) is 2.72. The monoisotopic (exact) mass is 269 g/mol. The number of fused-ring (bicyclic) bond motifs is 1. The smallest absolute Gasteiger partial charge is 0.348 e. The first kappa shape index (κ1) is 11.7. The van der Waals surface area contributed by atoms with Gasteiger partial charge in [0.05, 0.1) is 0 Å². The average molecular weight is 269 g/mol. The largest absolute Gasteiger partial charge is 0.471 e. The zero-order chi connectivity index (χ0) is 13.6. The number of nitrogens with one attached hydrogen (secondary N) is 1. The van der Waals surface area contributed by atoms with Gasteiger partial charge in [0.2, 0.25) is 5.82 Å². The van der Waals surface area contributed by atoms with E-state index in [1.807, 2.05) is 0 Å². The number of aromatic nitrogens is 2. The van der Waals surface area contributed by atoms with Gasteiger partial charge >= 0.3 is 12.1 Å². The molecule has 0 saturated carbocycles. The van der Waals surface area contributed by atoms with Crippen molar-refractivity contribution in [3.8, 4) is 11.4 Å². The highest BCUT2D eigenvalue weighted by molar-refractivity contribution is 5.99.